The summed E-state index contributed by atoms with van der Waals surface area (Å²) in [5, 5.41) is 0. The first-order valence-corrected chi connectivity index (χ1v) is 23.3. The number of hydrogen-bond acceptors (Lipinski definition) is 2. The molecule has 0 N–H and O–H groups in total. The minimum absolute atomic E-state index is 0.202. The maximum absolute atomic E-state index is 2.56. The summed E-state index contributed by atoms with van der Waals surface area (Å²) in [6.07, 6.45) is 16.5. The SMILES string of the molecule is C1=CC2c3ccccc3C3(c4ccccc4-c4ccc(/C=C/c5ccc(N(c6ccccc6)c6ccccc6)cc5)cc43)C2C=C1/C=C/c1ccc(N(c2ccccc2)c2ccccc2)cc1. The Morgan fingerprint density at radius 2 is 0.761 bits per heavy atom. The van der Waals surface area contributed by atoms with Crippen molar-refractivity contribution in [1.29, 1.82) is 0 Å². The molecule has 2 heteroatoms. The van der Waals surface area contributed by atoms with Gasteiger partial charge in [0.25, 0.3) is 0 Å². The van der Waals surface area contributed by atoms with Crippen LogP contribution in [0.15, 0.2) is 266 Å². The zero-order chi connectivity index (χ0) is 44.6. The van der Waals surface area contributed by atoms with E-state index in [0.29, 0.717) is 0 Å². The van der Waals surface area contributed by atoms with Crippen LogP contribution < -0.4 is 9.80 Å². The maximum atomic E-state index is 2.56. The van der Waals surface area contributed by atoms with E-state index in [1.54, 1.807) is 0 Å². The lowest BCUT2D eigenvalue weighted by Gasteiger charge is -2.36. The fraction of sp³-hybridized carbons (Fsp3) is 0.0462. The fourth-order valence-corrected chi connectivity index (χ4v) is 11.0. The topological polar surface area (TPSA) is 6.48 Å². The molecule has 1 spiro atoms. The third-order valence-electron chi connectivity index (χ3n) is 13.9. The molecule has 0 aromatic heterocycles. The van der Waals surface area contributed by atoms with Crippen LogP contribution in [0.2, 0.25) is 0 Å². The molecule has 9 aromatic rings. The van der Waals surface area contributed by atoms with Crippen molar-refractivity contribution in [2.24, 2.45) is 5.92 Å². The molecule has 3 aliphatic rings. The van der Waals surface area contributed by atoms with Crippen LogP contribution in [0.4, 0.5) is 34.1 Å². The first kappa shape index (κ1) is 40.1. The number of hydrogen-bond donors (Lipinski definition) is 0. The van der Waals surface area contributed by atoms with E-state index in [1.165, 1.54) is 44.5 Å². The van der Waals surface area contributed by atoms with Crippen LogP contribution in [-0.2, 0) is 5.41 Å². The van der Waals surface area contributed by atoms with Crippen LogP contribution >= 0.6 is 0 Å². The smallest absolute Gasteiger partial charge is 0.0538 e. The van der Waals surface area contributed by atoms with Gasteiger partial charge in [-0.1, -0.05) is 200 Å². The van der Waals surface area contributed by atoms with Crippen LogP contribution in [0.25, 0.3) is 29.4 Å². The molecule has 0 amide bonds. The molecule has 318 valence electrons. The molecule has 3 atom stereocenters. The van der Waals surface area contributed by atoms with Gasteiger partial charge in [0.05, 0.1) is 5.41 Å². The van der Waals surface area contributed by atoms with E-state index in [0.717, 1.165) is 45.3 Å². The van der Waals surface area contributed by atoms with Gasteiger partial charge >= 0.3 is 0 Å². The van der Waals surface area contributed by atoms with Crippen molar-refractivity contribution in [2.45, 2.75) is 11.3 Å². The Labute approximate surface area is 394 Å². The molecule has 0 saturated heterocycles. The Hall–Kier alpha value is -8.46. The van der Waals surface area contributed by atoms with Crippen molar-refractivity contribution in [3.63, 3.8) is 0 Å². The van der Waals surface area contributed by atoms with E-state index < -0.39 is 0 Å². The zero-order valence-electron chi connectivity index (χ0n) is 37.1. The standard InChI is InChI=1S/C65H48N2/c1-5-17-51(18-6-1)66(52-19-7-2-8-20-52)55-39-33-47(34-40-55)29-31-49-37-43-59-57-25-13-15-27-61(57)65(63(59)45-49)62-28-16-14-26-58(62)60-44-38-50(46-64(60)65)32-30-48-35-41-56(42-36-48)67(53-21-9-3-10-22-53)54-23-11-4-12-24-54/h1-46,59,63H/b31-29+,32-30+. The maximum Gasteiger partial charge on any atom is 0.0538 e. The van der Waals surface area contributed by atoms with Gasteiger partial charge in [0.1, 0.15) is 0 Å². The van der Waals surface area contributed by atoms with Gasteiger partial charge in [-0.2, -0.15) is 0 Å². The van der Waals surface area contributed by atoms with Gasteiger partial charge in [-0.3, -0.25) is 0 Å². The molecule has 3 aliphatic carbocycles. The molecule has 0 heterocycles. The number of fused-ring (bicyclic) bond motifs is 10. The molecule has 67 heavy (non-hydrogen) atoms. The Morgan fingerprint density at radius 3 is 1.31 bits per heavy atom. The number of rotatable bonds is 10. The second-order valence-electron chi connectivity index (χ2n) is 17.7. The molecular formula is C65H48N2. The van der Waals surface area contributed by atoms with Crippen LogP contribution in [0.5, 0.6) is 0 Å². The normalized spacial score (nSPS) is 17.5. The number of nitrogens with zero attached hydrogens (tertiary/aromatic N) is 2. The number of allylic oxidation sites excluding steroid dienone is 5. The number of para-hydroxylation sites is 4. The first-order valence-electron chi connectivity index (χ1n) is 23.3. The van der Waals surface area contributed by atoms with Crippen molar-refractivity contribution < 1.29 is 0 Å². The van der Waals surface area contributed by atoms with Crippen LogP contribution in [0, 0.1) is 5.92 Å². The second kappa shape index (κ2) is 17.2. The van der Waals surface area contributed by atoms with E-state index in [1.807, 2.05) is 0 Å². The van der Waals surface area contributed by atoms with E-state index in [9.17, 15) is 0 Å². The molecule has 0 saturated carbocycles. The predicted octanol–water partition coefficient (Wildman–Crippen LogP) is 17.0. The Balaban J connectivity index is 0.873. The predicted molar refractivity (Wildman–Crippen MR) is 282 cm³/mol. The second-order valence-corrected chi connectivity index (χ2v) is 17.7. The van der Waals surface area contributed by atoms with E-state index in [-0.39, 0.29) is 17.3 Å². The van der Waals surface area contributed by atoms with Crippen LogP contribution in [0.1, 0.15) is 44.9 Å². The summed E-state index contributed by atoms with van der Waals surface area (Å²) in [6.45, 7) is 0. The summed E-state index contributed by atoms with van der Waals surface area (Å²) in [5.41, 5.74) is 19.5. The highest BCUT2D eigenvalue weighted by atomic mass is 15.1. The quantitative estimate of drug-likeness (QED) is 0.126. The summed E-state index contributed by atoms with van der Waals surface area (Å²) in [4.78, 5) is 4.61. The molecular weight excluding hydrogens is 809 g/mol. The van der Waals surface area contributed by atoms with Gasteiger partial charge < -0.3 is 9.80 Å². The summed E-state index contributed by atoms with van der Waals surface area (Å²) >= 11 is 0. The van der Waals surface area contributed by atoms with E-state index in [4.69, 9.17) is 0 Å². The molecule has 0 bridgehead atoms. The van der Waals surface area contributed by atoms with Crippen molar-refractivity contribution in [1.82, 2.24) is 0 Å². The summed E-state index contributed by atoms with van der Waals surface area (Å²) in [5.74, 6) is 0.464. The highest BCUT2D eigenvalue weighted by Crippen LogP contribution is 2.65. The molecule has 2 nitrogen and oxygen atoms in total. The molecule has 0 aliphatic heterocycles. The first-order chi connectivity index (χ1) is 33.2. The lowest BCUT2D eigenvalue weighted by Crippen LogP contribution is -2.33. The van der Waals surface area contributed by atoms with Gasteiger partial charge in [0.15, 0.2) is 0 Å². The lowest BCUT2D eigenvalue weighted by atomic mass is 9.65. The van der Waals surface area contributed by atoms with Gasteiger partial charge in [0.2, 0.25) is 0 Å². The summed E-state index contributed by atoms with van der Waals surface area (Å²) < 4.78 is 0. The highest BCUT2D eigenvalue weighted by Gasteiger charge is 2.57. The molecule has 9 aromatic carbocycles. The molecule has 3 unspecified atom stereocenters. The van der Waals surface area contributed by atoms with Crippen molar-refractivity contribution in [2.75, 3.05) is 9.80 Å². The van der Waals surface area contributed by atoms with Crippen LogP contribution in [0.3, 0.4) is 0 Å². The molecule has 0 radical (unpaired) electrons. The number of anilines is 6. The Morgan fingerprint density at radius 1 is 0.343 bits per heavy atom. The summed E-state index contributed by atoms with van der Waals surface area (Å²) in [6, 6.07) is 85.6. The monoisotopic (exact) mass is 856 g/mol. The Bertz CT molecular complexity index is 3250. The fourth-order valence-electron chi connectivity index (χ4n) is 11.0. The van der Waals surface area contributed by atoms with Gasteiger partial charge in [-0.15, -0.1) is 0 Å². The lowest BCUT2D eigenvalue weighted by molar-refractivity contribution is 0.464. The van der Waals surface area contributed by atoms with Gasteiger partial charge in [-0.25, -0.2) is 0 Å². The van der Waals surface area contributed by atoms with Gasteiger partial charge in [0, 0.05) is 46.0 Å². The third-order valence-corrected chi connectivity index (χ3v) is 13.9. The van der Waals surface area contributed by atoms with Crippen molar-refractivity contribution >= 4 is 52.4 Å². The van der Waals surface area contributed by atoms with Gasteiger partial charge in [-0.05, 0) is 135 Å². The number of benzene rings is 9. The van der Waals surface area contributed by atoms with E-state index in [2.05, 4.69) is 289 Å². The average molecular weight is 857 g/mol. The summed E-state index contributed by atoms with van der Waals surface area (Å²) in [7, 11) is 0. The van der Waals surface area contributed by atoms with E-state index >= 15 is 0 Å². The van der Waals surface area contributed by atoms with Crippen LogP contribution in [-0.4, -0.2) is 0 Å². The van der Waals surface area contributed by atoms with Crippen molar-refractivity contribution in [3.05, 3.63) is 305 Å². The Kier molecular flexibility index (Phi) is 10.3. The largest absolute Gasteiger partial charge is 0.311 e. The molecule has 0 fully saturated rings. The minimum Gasteiger partial charge on any atom is -0.311 e. The average Bonchev–Trinajstić information content (AvgIpc) is 3.86. The zero-order valence-corrected chi connectivity index (χ0v) is 37.1. The molecule has 12 rings (SSSR count). The minimum atomic E-state index is -0.332. The third kappa shape index (κ3) is 7.15. The highest BCUT2D eigenvalue weighted by molar-refractivity contribution is 5.88. The van der Waals surface area contributed by atoms with Crippen molar-refractivity contribution in [3.8, 4) is 11.1 Å².